The number of benzene rings is 2. The molecule has 4 rings (SSSR count). The quantitative estimate of drug-likeness (QED) is 0.751. The highest BCUT2D eigenvalue weighted by Crippen LogP contribution is 2.22. The molecule has 1 saturated heterocycles. The van der Waals surface area contributed by atoms with Gasteiger partial charge in [0.15, 0.2) is 0 Å². The first kappa shape index (κ1) is 17.5. The summed E-state index contributed by atoms with van der Waals surface area (Å²) in [6.45, 7) is 0.409. The van der Waals surface area contributed by atoms with Crippen molar-refractivity contribution in [2.24, 2.45) is 0 Å². The van der Waals surface area contributed by atoms with Crippen LogP contribution in [-0.2, 0) is 11.3 Å². The Morgan fingerprint density at radius 1 is 1.22 bits per heavy atom. The number of H-pyrrole nitrogens is 1. The molecule has 27 heavy (non-hydrogen) atoms. The van der Waals surface area contributed by atoms with Crippen LogP contribution >= 0.6 is 0 Å². The number of methoxy groups -OCH3 is 1. The molecule has 1 aromatic heterocycles. The minimum atomic E-state index is -1.23. The van der Waals surface area contributed by atoms with Gasteiger partial charge in [-0.2, -0.15) is 0 Å². The standard InChI is InChI=1S/C20H20FN3O3/c1-26-14-8-6-13(7-9-14)20(25)24-10-15(21)18(11-24)27-12-19-22-16-4-2-3-5-17(16)23-19/h2-9,15,18H,10-12H2,1H3,(H,22,23)/t15-,18-/m0/s1. The molecule has 3 aromatic rings. The second-order valence-electron chi connectivity index (χ2n) is 6.50. The molecule has 0 saturated carbocycles. The number of nitrogens with zero attached hydrogens (tertiary/aromatic N) is 2. The van der Waals surface area contributed by atoms with Crippen LogP contribution in [0.25, 0.3) is 11.0 Å². The van der Waals surface area contributed by atoms with E-state index in [0.717, 1.165) is 11.0 Å². The maximum Gasteiger partial charge on any atom is 0.254 e. The first-order chi connectivity index (χ1) is 13.1. The number of amides is 1. The third-order valence-corrected chi connectivity index (χ3v) is 4.70. The van der Waals surface area contributed by atoms with Crippen LogP contribution in [-0.4, -0.2) is 53.2 Å². The molecule has 1 aliphatic heterocycles. The number of hydrogen-bond acceptors (Lipinski definition) is 4. The number of nitrogens with one attached hydrogen (secondary N) is 1. The molecule has 2 aromatic carbocycles. The molecule has 2 atom stereocenters. The van der Waals surface area contributed by atoms with Crippen LogP contribution in [0.1, 0.15) is 16.2 Å². The van der Waals surface area contributed by atoms with Gasteiger partial charge in [-0.25, -0.2) is 9.37 Å². The lowest BCUT2D eigenvalue weighted by Gasteiger charge is -2.16. The summed E-state index contributed by atoms with van der Waals surface area (Å²) in [7, 11) is 1.56. The Morgan fingerprint density at radius 2 is 2.00 bits per heavy atom. The van der Waals surface area contributed by atoms with Gasteiger partial charge in [0.1, 0.15) is 30.5 Å². The highest BCUT2D eigenvalue weighted by atomic mass is 19.1. The van der Waals surface area contributed by atoms with Crippen molar-refractivity contribution in [2.45, 2.75) is 18.9 Å². The van der Waals surface area contributed by atoms with Gasteiger partial charge in [-0.3, -0.25) is 4.79 Å². The Bertz CT molecular complexity index is 908. The molecule has 0 unspecified atom stereocenters. The number of ether oxygens (including phenoxy) is 2. The number of imidazole rings is 1. The van der Waals surface area contributed by atoms with Crippen molar-refractivity contribution in [1.82, 2.24) is 14.9 Å². The van der Waals surface area contributed by atoms with E-state index in [9.17, 15) is 9.18 Å². The monoisotopic (exact) mass is 369 g/mol. The third-order valence-electron chi connectivity index (χ3n) is 4.70. The summed E-state index contributed by atoms with van der Waals surface area (Å²) < 4.78 is 25.2. The van der Waals surface area contributed by atoms with Crippen LogP contribution in [0.5, 0.6) is 5.75 Å². The number of fused-ring (bicyclic) bond motifs is 1. The summed E-state index contributed by atoms with van der Waals surface area (Å²) in [5, 5.41) is 0. The van der Waals surface area contributed by atoms with Crippen LogP contribution in [0, 0.1) is 0 Å². The SMILES string of the molecule is COc1ccc(C(=O)N2C[C@H](OCc3nc4ccccc4[nH]3)[C@@H](F)C2)cc1. The largest absolute Gasteiger partial charge is 0.497 e. The molecule has 1 aliphatic rings. The van der Waals surface area contributed by atoms with Crippen molar-refractivity contribution < 1.29 is 18.7 Å². The van der Waals surface area contributed by atoms with Gasteiger partial charge in [-0.1, -0.05) is 12.1 Å². The number of carbonyl (C=O) groups excluding carboxylic acids is 1. The van der Waals surface area contributed by atoms with Gasteiger partial charge >= 0.3 is 0 Å². The van der Waals surface area contributed by atoms with E-state index < -0.39 is 12.3 Å². The molecule has 6 nitrogen and oxygen atoms in total. The number of hydrogen-bond donors (Lipinski definition) is 1. The van der Waals surface area contributed by atoms with Gasteiger partial charge < -0.3 is 19.4 Å². The fourth-order valence-corrected chi connectivity index (χ4v) is 3.23. The van der Waals surface area contributed by atoms with Crippen LogP contribution < -0.4 is 4.74 Å². The normalized spacial score (nSPS) is 19.6. The van der Waals surface area contributed by atoms with Crippen LogP contribution in [0.15, 0.2) is 48.5 Å². The molecule has 7 heteroatoms. The maximum absolute atomic E-state index is 14.4. The lowest BCUT2D eigenvalue weighted by atomic mass is 10.2. The summed E-state index contributed by atoms with van der Waals surface area (Å²) in [6, 6.07) is 14.4. The molecule has 2 heterocycles. The van der Waals surface area contributed by atoms with Crippen LogP contribution in [0.3, 0.4) is 0 Å². The zero-order chi connectivity index (χ0) is 18.8. The Morgan fingerprint density at radius 3 is 2.74 bits per heavy atom. The first-order valence-electron chi connectivity index (χ1n) is 8.76. The highest BCUT2D eigenvalue weighted by molar-refractivity contribution is 5.94. The predicted molar refractivity (Wildman–Crippen MR) is 98.5 cm³/mol. The Labute approximate surface area is 155 Å². The Hall–Kier alpha value is -2.93. The molecule has 0 aliphatic carbocycles. The summed E-state index contributed by atoms with van der Waals surface area (Å²) in [4.78, 5) is 21.6. The smallest absolute Gasteiger partial charge is 0.254 e. The summed E-state index contributed by atoms with van der Waals surface area (Å²) in [5.74, 6) is 1.10. The molecular formula is C20H20FN3O3. The number of aromatic amines is 1. The second-order valence-corrected chi connectivity index (χ2v) is 6.50. The van der Waals surface area contributed by atoms with Crippen molar-refractivity contribution in [1.29, 1.82) is 0 Å². The topological polar surface area (TPSA) is 67.4 Å². The number of aromatic nitrogens is 2. The lowest BCUT2D eigenvalue weighted by Crippen LogP contribution is -2.30. The van der Waals surface area contributed by atoms with E-state index in [0.29, 0.717) is 17.1 Å². The van der Waals surface area contributed by atoms with E-state index in [1.165, 1.54) is 4.90 Å². The van der Waals surface area contributed by atoms with Gasteiger partial charge in [0.25, 0.3) is 5.91 Å². The zero-order valence-corrected chi connectivity index (χ0v) is 14.9. The average molecular weight is 369 g/mol. The van der Waals surface area contributed by atoms with Gasteiger partial charge in [0.05, 0.1) is 31.2 Å². The van der Waals surface area contributed by atoms with Crippen molar-refractivity contribution in [3.63, 3.8) is 0 Å². The van der Waals surface area contributed by atoms with Crippen molar-refractivity contribution in [3.05, 3.63) is 59.9 Å². The van der Waals surface area contributed by atoms with Gasteiger partial charge in [0.2, 0.25) is 0 Å². The van der Waals surface area contributed by atoms with Crippen LogP contribution in [0.4, 0.5) is 4.39 Å². The molecule has 1 amide bonds. The van der Waals surface area contributed by atoms with Crippen molar-refractivity contribution in [3.8, 4) is 5.75 Å². The molecule has 1 fully saturated rings. The summed E-state index contributed by atoms with van der Waals surface area (Å²) in [6.07, 6.45) is -1.89. The number of likely N-dealkylation sites (tertiary alicyclic amines) is 1. The molecule has 0 spiro atoms. The van der Waals surface area contributed by atoms with E-state index >= 15 is 0 Å². The summed E-state index contributed by atoms with van der Waals surface area (Å²) >= 11 is 0. The number of para-hydroxylation sites is 2. The number of rotatable bonds is 5. The van der Waals surface area contributed by atoms with Crippen LogP contribution in [0.2, 0.25) is 0 Å². The van der Waals surface area contributed by atoms with Gasteiger partial charge in [-0.15, -0.1) is 0 Å². The fraction of sp³-hybridized carbons (Fsp3) is 0.300. The van der Waals surface area contributed by atoms with E-state index in [-0.39, 0.29) is 25.6 Å². The number of halogens is 1. The molecule has 0 radical (unpaired) electrons. The van der Waals surface area contributed by atoms with Crippen molar-refractivity contribution >= 4 is 16.9 Å². The fourth-order valence-electron chi connectivity index (χ4n) is 3.23. The van der Waals surface area contributed by atoms with E-state index in [4.69, 9.17) is 9.47 Å². The lowest BCUT2D eigenvalue weighted by molar-refractivity contribution is 0.00887. The number of carbonyl (C=O) groups is 1. The molecular weight excluding hydrogens is 349 g/mol. The first-order valence-corrected chi connectivity index (χ1v) is 8.76. The molecule has 140 valence electrons. The van der Waals surface area contributed by atoms with E-state index in [2.05, 4.69) is 9.97 Å². The second kappa shape index (κ2) is 7.36. The average Bonchev–Trinajstić information content (AvgIpc) is 3.28. The minimum Gasteiger partial charge on any atom is -0.497 e. The summed E-state index contributed by atoms with van der Waals surface area (Å²) in [5.41, 5.74) is 2.26. The Balaban J connectivity index is 1.37. The number of alkyl halides is 1. The molecule has 0 bridgehead atoms. The zero-order valence-electron chi connectivity index (χ0n) is 14.9. The van der Waals surface area contributed by atoms with E-state index in [1.807, 2.05) is 24.3 Å². The van der Waals surface area contributed by atoms with E-state index in [1.54, 1.807) is 31.4 Å². The highest BCUT2D eigenvalue weighted by Gasteiger charge is 2.36. The van der Waals surface area contributed by atoms with Gasteiger partial charge in [-0.05, 0) is 36.4 Å². The Kier molecular flexibility index (Phi) is 4.77. The molecule has 1 N–H and O–H groups in total. The third kappa shape index (κ3) is 3.64. The predicted octanol–water partition coefficient (Wildman–Crippen LogP) is 2.95. The van der Waals surface area contributed by atoms with Crippen molar-refractivity contribution in [2.75, 3.05) is 20.2 Å². The van der Waals surface area contributed by atoms with Gasteiger partial charge in [0, 0.05) is 5.56 Å². The minimum absolute atomic E-state index is 0.0235. The maximum atomic E-state index is 14.4.